The highest BCUT2D eigenvalue weighted by atomic mass is 32.2. The summed E-state index contributed by atoms with van der Waals surface area (Å²) in [4.78, 5) is 15.4. The number of aromatic nitrogens is 2. The minimum Gasteiger partial charge on any atom is -0.481 e. The Hall–Kier alpha value is -1.53. The molecule has 1 N–H and O–H groups in total. The maximum Gasteiger partial charge on any atom is 0.313 e. The number of carbonyl (C=O) groups is 1. The van der Waals surface area contributed by atoms with Crippen molar-refractivity contribution in [3.63, 3.8) is 0 Å². The fourth-order valence-corrected chi connectivity index (χ4v) is 2.97. The van der Waals surface area contributed by atoms with E-state index in [9.17, 15) is 4.79 Å². The molecule has 0 saturated heterocycles. The maximum atomic E-state index is 10.8. The largest absolute Gasteiger partial charge is 0.481 e. The third-order valence-electron chi connectivity index (χ3n) is 3.08. The van der Waals surface area contributed by atoms with Crippen LogP contribution < -0.4 is 0 Å². The van der Waals surface area contributed by atoms with Crippen molar-refractivity contribution in [3.05, 3.63) is 23.8 Å². The summed E-state index contributed by atoms with van der Waals surface area (Å²) in [6.45, 7) is 7.31. The van der Waals surface area contributed by atoms with Crippen molar-refractivity contribution >= 4 is 28.8 Å². The summed E-state index contributed by atoms with van der Waals surface area (Å²) in [5.74, 6) is -0.835. The number of rotatable bonds is 7. The monoisotopic (exact) mass is 308 g/mol. The van der Waals surface area contributed by atoms with Gasteiger partial charge in [-0.15, -0.1) is 0 Å². The molecule has 0 bridgehead atoms. The number of ether oxygens (including phenoxy) is 1. The number of hydrogen-bond acceptors (Lipinski definition) is 4. The minimum absolute atomic E-state index is 0.00528. The van der Waals surface area contributed by atoms with Crippen LogP contribution in [0.5, 0.6) is 0 Å². The quantitative estimate of drug-likeness (QED) is 0.797. The second kappa shape index (κ2) is 6.95. The Morgan fingerprint density at radius 1 is 1.52 bits per heavy atom. The number of imidazole rings is 1. The van der Waals surface area contributed by atoms with Crippen molar-refractivity contribution in [1.82, 2.24) is 9.55 Å². The first-order valence-corrected chi connectivity index (χ1v) is 7.93. The van der Waals surface area contributed by atoms with Gasteiger partial charge in [0.05, 0.1) is 29.4 Å². The summed E-state index contributed by atoms with van der Waals surface area (Å²) in [5.41, 5.74) is 3.05. The number of hydrogen-bond donors (Lipinski definition) is 1. The van der Waals surface area contributed by atoms with Gasteiger partial charge in [0.15, 0.2) is 5.16 Å². The number of thioether (sulfide) groups is 1. The third kappa shape index (κ3) is 3.98. The summed E-state index contributed by atoms with van der Waals surface area (Å²) in [6.07, 6.45) is 0.0536. The van der Waals surface area contributed by atoms with Crippen LogP contribution in [0.4, 0.5) is 0 Å². The van der Waals surface area contributed by atoms with E-state index in [4.69, 9.17) is 9.84 Å². The Labute approximate surface area is 128 Å². The number of aryl methyl sites for hydroxylation is 1. The highest BCUT2D eigenvalue weighted by molar-refractivity contribution is 7.99. The fourth-order valence-electron chi connectivity index (χ4n) is 2.22. The van der Waals surface area contributed by atoms with Gasteiger partial charge in [-0.3, -0.25) is 4.79 Å². The summed E-state index contributed by atoms with van der Waals surface area (Å²) in [7, 11) is 0. The second-order valence-electron chi connectivity index (χ2n) is 4.95. The Bertz CT molecular complexity index is 639. The highest BCUT2D eigenvalue weighted by Gasteiger charge is 2.15. The Morgan fingerprint density at radius 3 is 2.95 bits per heavy atom. The number of carboxylic acids is 1. The van der Waals surface area contributed by atoms with E-state index in [-0.39, 0.29) is 11.9 Å². The molecule has 1 heterocycles. The number of benzene rings is 1. The molecular formula is C15H20N2O3S. The van der Waals surface area contributed by atoms with E-state index in [1.165, 1.54) is 11.8 Å². The third-order valence-corrected chi connectivity index (χ3v) is 4.05. The first kappa shape index (κ1) is 15.9. The lowest BCUT2D eigenvalue weighted by Gasteiger charge is -2.15. The van der Waals surface area contributed by atoms with E-state index in [1.54, 1.807) is 0 Å². The van der Waals surface area contributed by atoms with Gasteiger partial charge >= 0.3 is 5.97 Å². The van der Waals surface area contributed by atoms with Gasteiger partial charge in [-0.05, 0) is 38.5 Å². The minimum atomic E-state index is -0.840. The van der Waals surface area contributed by atoms with Crippen molar-refractivity contribution in [3.8, 4) is 0 Å². The van der Waals surface area contributed by atoms with E-state index in [0.29, 0.717) is 13.2 Å². The molecule has 0 fully saturated rings. The molecule has 0 saturated carbocycles. The first-order valence-electron chi connectivity index (χ1n) is 6.94. The average molecular weight is 308 g/mol. The number of aliphatic carboxylic acids is 1. The SMILES string of the molecule is CCOC(C)Cn1c(SCC(=O)O)nc2cc(C)ccc21. The van der Waals surface area contributed by atoms with Crippen LogP contribution in [0, 0.1) is 6.92 Å². The van der Waals surface area contributed by atoms with Gasteiger partial charge in [-0.1, -0.05) is 17.8 Å². The van der Waals surface area contributed by atoms with Crippen LogP contribution in [0.3, 0.4) is 0 Å². The topological polar surface area (TPSA) is 64.3 Å². The molecular weight excluding hydrogens is 288 g/mol. The highest BCUT2D eigenvalue weighted by Crippen LogP contribution is 2.25. The van der Waals surface area contributed by atoms with E-state index >= 15 is 0 Å². The summed E-state index contributed by atoms with van der Waals surface area (Å²) >= 11 is 1.24. The van der Waals surface area contributed by atoms with E-state index in [0.717, 1.165) is 21.8 Å². The Morgan fingerprint density at radius 2 is 2.29 bits per heavy atom. The van der Waals surface area contributed by atoms with Crippen molar-refractivity contribution < 1.29 is 14.6 Å². The zero-order valence-electron chi connectivity index (χ0n) is 12.5. The van der Waals surface area contributed by atoms with E-state index < -0.39 is 5.97 Å². The van der Waals surface area contributed by atoms with Gasteiger partial charge in [0.2, 0.25) is 0 Å². The molecule has 1 aromatic heterocycles. The van der Waals surface area contributed by atoms with Gasteiger partial charge in [0.1, 0.15) is 0 Å². The molecule has 21 heavy (non-hydrogen) atoms. The van der Waals surface area contributed by atoms with Crippen LogP contribution in [0.2, 0.25) is 0 Å². The fraction of sp³-hybridized carbons (Fsp3) is 0.467. The van der Waals surface area contributed by atoms with Crippen molar-refractivity contribution in [2.75, 3.05) is 12.4 Å². The molecule has 0 spiro atoms. The molecule has 2 aromatic rings. The normalized spacial score (nSPS) is 12.7. The van der Waals surface area contributed by atoms with Gasteiger partial charge < -0.3 is 14.4 Å². The number of nitrogens with zero attached hydrogens (tertiary/aromatic N) is 2. The molecule has 2 rings (SSSR count). The van der Waals surface area contributed by atoms with Crippen LogP contribution in [-0.4, -0.2) is 39.1 Å². The Kier molecular flexibility index (Phi) is 5.25. The maximum absolute atomic E-state index is 10.8. The van der Waals surface area contributed by atoms with Crippen LogP contribution in [0.15, 0.2) is 23.4 Å². The van der Waals surface area contributed by atoms with Gasteiger partial charge in [0, 0.05) is 6.61 Å². The molecule has 0 radical (unpaired) electrons. The zero-order chi connectivity index (χ0) is 15.4. The summed E-state index contributed by atoms with van der Waals surface area (Å²) in [5, 5.41) is 9.59. The predicted molar refractivity (Wildman–Crippen MR) is 83.9 cm³/mol. The summed E-state index contributed by atoms with van der Waals surface area (Å²) in [6, 6.07) is 6.08. The number of carboxylic acid groups (broad SMARTS) is 1. The Balaban J connectivity index is 2.36. The van der Waals surface area contributed by atoms with Crippen molar-refractivity contribution in [2.24, 2.45) is 0 Å². The van der Waals surface area contributed by atoms with Crippen LogP contribution in [0.25, 0.3) is 11.0 Å². The smallest absolute Gasteiger partial charge is 0.313 e. The predicted octanol–water partition coefficient (Wildman–Crippen LogP) is 2.95. The lowest BCUT2D eigenvalue weighted by molar-refractivity contribution is -0.133. The van der Waals surface area contributed by atoms with Gasteiger partial charge in [0.25, 0.3) is 0 Å². The molecule has 6 heteroatoms. The first-order chi connectivity index (χ1) is 10.0. The molecule has 5 nitrogen and oxygen atoms in total. The second-order valence-corrected chi connectivity index (χ2v) is 5.89. The molecule has 0 aliphatic rings. The molecule has 1 unspecified atom stereocenters. The molecule has 0 amide bonds. The lowest BCUT2D eigenvalue weighted by Crippen LogP contribution is -2.17. The molecule has 0 aliphatic heterocycles. The summed E-state index contributed by atoms with van der Waals surface area (Å²) < 4.78 is 7.64. The van der Waals surface area contributed by atoms with Crippen LogP contribution >= 0.6 is 11.8 Å². The van der Waals surface area contributed by atoms with Gasteiger partial charge in [-0.25, -0.2) is 4.98 Å². The number of fused-ring (bicyclic) bond motifs is 1. The van der Waals surface area contributed by atoms with E-state index in [1.807, 2.05) is 43.5 Å². The van der Waals surface area contributed by atoms with Gasteiger partial charge in [-0.2, -0.15) is 0 Å². The standard InChI is InChI=1S/C15H20N2O3S/c1-4-20-11(3)8-17-13-6-5-10(2)7-12(13)16-15(17)21-9-14(18)19/h5-7,11H,4,8-9H2,1-3H3,(H,18,19). The molecule has 114 valence electrons. The molecule has 0 aliphatic carbocycles. The van der Waals surface area contributed by atoms with Crippen molar-refractivity contribution in [2.45, 2.75) is 38.6 Å². The van der Waals surface area contributed by atoms with E-state index in [2.05, 4.69) is 4.98 Å². The van der Waals surface area contributed by atoms with Crippen LogP contribution in [0.1, 0.15) is 19.4 Å². The zero-order valence-corrected chi connectivity index (χ0v) is 13.3. The average Bonchev–Trinajstić information content (AvgIpc) is 2.74. The molecule has 1 atom stereocenters. The molecule has 1 aromatic carbocycles. The van der Waals surface area contributed by atoms with Crippen LogP contribution in [-0.2, 0) is 16.1 Å². The van der Waals surface area contributed by atoms with Crippen molar-refractivity contribution in [1.29, 1.82) is 0 Å². The lowest BCUT2D eigenvalue weighted by atomic mass is 10.2.